The average Bonchev–Trinajstić information content (AvgIpc) is 3.53. The number of aliphatic hydroxyl groups excluding tert-OH is 3. The Morgan fingerprint density at radius 1 is 0.978 bits per heavy atom. The fourth-order valence-electron chi connectivity index (χ4n) is 11.4. The minimum absolute atomic E-state index is 0.0319. The van der Waals surface area contributed by atoms with Crippen LogP contribution in [0.25, 0.3) is 0 Å². The molecule has 5 fully saturated rings. The molecule has 0 bridgehead atoms. The summed E-state index contributed by atoms with van der Waals surface area (Å²) in [7, 11) is 0. The summed E-state index contributed by atoms with van der Waals surface area (Å²) in [5, 5.41) is 52.8. The van der Waals surface area contributed by atoms with Crippen LogP contribution >= 0.6 is 0 Å². The molecule has 1 unspecified atom stereocenters. The van der Waals surface area contributed by atoms with Crippen LogP contribution < -0.4 is 0 Å². The van der Waals surface area contributed by atoms with Crippen molar-refractivity contribution in [1.82, 2.24) is 0 Å². The van der Waals surface area contributed by atoms with Gasteiger partial charge in [-0.1, -0.05) is 32.9 Å². The van der Waals surface area contributed by atoms with E-state index in [0.29, 0.717) is 12.8 Å². The summed E-state index contributed by atoms with van der Waals surface area (Å²) < 4.78 is 19.7. The molecule has 2 aliphatic heterocycles. The number of carboxylic acid groups (broad SMARTS) is 1. The first-order valence-electron chi connectivity index (χ1n) is 17.3. The number of ether oxygens (including phenoxy) is 3. The van der Waals surface area contributed by atoms with Gasteiger partial charge in [0.05, 0.1) is 29.5 Å². The van der Waals surface area contributed by atoms with E-state index < -0.39 is 47.9 Å². The lowest BCUT2D eigenvalue weighted by atomic mass is 9.37. The van der Waals surface area contributed by atoms with Crippen molar-refractivity contribution in [3.63, 3.8) is 0 Å². The van der Waals surface area contributed by atoms with Crippen molar-refractivity contribution >= 4 is 5.97 Å². The Kier molecular flexibility index (Phi) is 9.25. The summed E-state index contributed by atoms with van der Waals surface area (Å²) in [5.74, 6) is -0.366. The quantitative estimate of drug-likeness (QED) is 0.187. The molecular weight excluding hydrogens is 576 g/mol. The van der Waals surface area contributed by atoms with Crippen LogP contribution in [0.2, 0.25) is 0 Å². The Bertz CT molecular complexity index is 1140. The van der Waals surface area contributed by atoms with Crippen molar-refractivity contribution < 1.29 is 44.5 Å². The van der Waals surface area contributed by atoms with Crippen molar-refractivity contribution in [1.29, 1.82) is 0 Å². The van der Waals surface area contributed by atoms with Crippen LogP contribution in [-0.2, 0) is 19.0 Å². The van der Waals surface area contributed by atoms with Crippen LogP contribution in [0.3, 0.4) is 0 Å². The molecule has 3 aliphatic carbocycles. The number of allylic oxidation sites excluding steroid dienone is 1. The molecule has 45 heavy (non-hydrogen) atoms. The molecule has 2 heterocycles. The van der Waals surface area contributed by atoms with E-state index in [0.717, 1.165) is 44.1 Å². The number of aliphatic carboxylic acids is 1. The number of fused-ring (bicyclic) bond motifs is 3. The monoisotopic (exact) mass is 636 g/mol. The lowest BCUT2D eigenvalue weighted by Crippen LogP contribution is -2.65. The normalized spacial score (nSPS) is 51.9. The molecular formula is C36H60O9. The van der Waals surface area contributed by atoms with E-state index in [4.69, 9.17) is 14.2 Å². The molecule has 9 heteroatoms. The Balaban J connectivity index is 1.58. The molecule has 5 rings (SSSR count). The summed E-state index contributed by atoms with van der Waals surface area (Å²) in [6.07, 6.45) is 0.182. The minimum Gasteiger partial charge on any atom is -0.481 e. The van der Waals surface area contributed by atoms with Gasteiger partial charge in [-0.25, -0.2) is 0 Å². The van der Waals surface area contributed by atoms with Crippen LogP contribution in [0.15, 0.2) is 12.2 Å². The molecule has 3 saturated carbocycles. The molecule has 0 radical (unpaired) electrons. The van der Waals surface area contributed by atoms with Gasteiger partial charge in [0, 0.05) is 6.42 Å². The van der Waals surface area contributed by atoms with Gasteiger partial charge < -0.3 is 39.7 Å². The maximum atomic E-state index is 12.0. The predicted octanol–water partition coefficient (Wildman–Crippen LogP) is 4.82. The molecule has 0 amide bonds. The summed E-state index contributed by atoms with van der Waals surface area (Å²) in [4.78, 5) is 12.0. The van der Waals surface area contributed by atoms with E-state index in [1.54, 1.807) is 20.8 Å². The van der Waals surface area contributed by atoms with E-state index in [-0.39, 0.29) is 58.5 Å². The highest BCUT2D eigenvalue weighted by Crippen LogP contribution is 2.75. The third kappa shape index (κ3) is 5.64. The van der Waals surface area contributed by atoms with Crippen molar-refractivity contribution in [2.24, 2.45) is 39.9 Å². The zero-order valence-corrected chi connectivity index (χ0v) is 28.8. The molecule has 5 N–H and O–H groups in total. The largest absolute Gasteiger partial charge is 0.481 e. The van der Waals surface area contributed by atoms with Gasteiger partial charge in [0.1, 0.15) is 18.3 Å². The molecule has 0 aromatic carbocycles. The standard InChI is InChI=1S/C36H60O9/c1-19(2)21-10-15-34(7)24(33(21,6)14-13-26(37)38)18-23(44-31-30(41)29(40)28(39)20(3)43-31)27-22(11-16-35(27,34)8)36(9)17-12-25(45-36)32(4,5)42/h20-25,27-31,39-42H,1,10-18H2,2-9H3,(H,37,38)/t20-,21+,22+,23-,24-,25?,27+,28-,29+,30-,31+,33+,34-,35-,36+/m1/s1. The van der Waals surface area contributed by atoms with Gasteiger partial charge in [-0.15, -0.1) is 0 Å². The number of hydrogen-bond donors (Lipinski definition) is 5. The molecule has 0 aromatic heterocycles. The van der Waals surface area contributed by atoms with Gasteiger partial charge in [0.2, 0.25) is 0 Å². The smallest absolute Gasteiger partial charge is 0.303 e. The van der Waals surface area contributed by atoms with Gasteiger partial charge >= 0.3 is 5.97 Å². The molecule has 5 aliphatic rings. The van der Waals surface area contributed by atoms with Crippen LogP contribution in [0.5, 0.6) is 0 Å². The Labute approximate surface area is 269 Å². The Morgan fingerprint density at radius 3 is 2.20 bits per heavy atom. The van der Waals surface area contributed by atoms with Crippen LogP contribution in [0.4, 0.5) is 0 Å². The number of rotatable bonds is 8. The molecule has 258 valence electrons. The Morgan fingerprint density at radius 2 is 1.62 bits per heavy atom. The minimum atomic E-state index is -1.42. The first kappa shape index (κ1) is 35.2. The maximum absolute atomic E-state index is 12.0. The number of aliphatic hydroxyl groups is 4. The lowest BCUT2D eigenvalue weighted by Gasteiger charge is -2.68. The second-order valence-corrected chi connectivity index (χ2v) is 17.1. The van der Waals surface area contributed by atoms with Gasteiger partial charge in [0.15, 0.2) is 6.29 Å². The number of carboxylic acids is 1. The van der Waals surface area contributed by atoms with Crippen LogP contribution in [0, 0.1) is 39.9 Å². The fraction of sp³-hybridized carbons (Fsp3) is 0.917. The van der Waals surface area contributed by atoms with E-state index in [2.05, 4.69) is 41.2 Å². The van der Waals surface area contributed by atoms with Gasteiger partial charge in [-0.05, 0) is 126 Å². The van der Waals surface area contributed by atoms with Crippen molar-refractivity contribution in [2.45, 2.75) is 167 Å². The van der Waals surface area contributed by atoms with Gasteiger partial charge in [-0.3, -0.25) is 4.79 Å². The first-order valence-corrected chi connectivity index (χ1v) is 17.3. The Hall–Kier alpha value is -1.07. The molecule has 9 nitrogen and oxygen atoms in total. The number of carbonyl (C=O) groups is 1. The summed E-state index contributed by atoms with van der Waals surface area (Å²) in [6, 6.07) is 0. The molecule has 0 aromatic rings. The highest BCUT2D eigenvalue weighted by Gasteiger charge is 2.71. The average molecular weight is 637 g/mol. The predicted molar refractivity (Wildman–Crippen MR) is 169 cm³/mol. The highest BCUT2D eigenvalue weighted by molar-refractivity contribution is 5.66. The van der Waals surface area contributed by atoms with Crippen molar-refractivity contribution in [2.75, 3.05) is 0 Å². The van der Waals surface area contributed by atoms with Crippen molar-refractivity contribution in [3.05, 3.63) is 12.2 Å². The first-order chi connectivity index (χ1) is 20.7. The second kappa shape index (κ2) is 11.8. The van der Waals surface area contributed by atoms with Gasteiger partial charge in [-0.2, -0.15) is 0 Å². The zero-order valence-electron chi connectivity index (χ0n) is 28.8. The van der Waals surface area contributed by atoms with Crippen LogP contribution in [-0.4, -0.2) is 85.6 Å². The molecule has 0 spiro atoms. The fourth-order valence-corrected chi connectivity index (χ4v) is 11.4. The van der Waals surface area contributed by atoms with E-state index in [9.17, 15) is 30.3 Å². The summed E-state index contributed by atoms with van der Waals surface area (Å²) in [6.45, 7) is 21.0. The van der Waals surface area contributed by atoms with Gasteiger partial charge in [0.25, 0.3) is 0 Å². The molecule has 15 atom stereocenters. The topological polar surface area (TPSA) is 146 Å². The van der Waals surface area contributed by atoms with E-state index >= 15 is 0 Å². The third-order valence-electron chi connectivity index (χ3n) is 14.1. The lowest BCUT2D eigenvalue weighted by molar-refractivity contribution is -0.328. The SMILES string of the molecule is C=C(C)[C@@H]1CC[C@]2(C)[C@H](C[C@@H](O[C@@H]3O[C@H](C)[C@@H](O)[C@H](O)[C@H]3O)[C@@H]3[C@@H]([C@]4(C)CCC(C(C)(C)O)O4)CC[C@]32C)[C@@]1(C)CCC(=O)O. The zero-order chi connectivity index (χ0) is 33.5. The highest BCUT2D eigenvalue weighted by atomic mass is 16.7. The summed E-state index contributed by atoms with van der Waals surface area (Å²) in [5.41, 5.74) is -1.00. The second-order valence-electron chi connectivity index (χ2n) is 17.1. The van der Waals surface area contributed by atoms with Crippen LogP contribution in [0.1, 0.15) is 113 Å². The summed E-state index contributed by atoms with van der Waals surface area (Å²) >= 11 is 0. The molecule has 2 saturated heterocycles. The maximum Gasteiger partial charge on any atom is 0.303 e. The number of hydrogen-bond acceptors (Lipinski definition) is 8. The van der Waals surface area contributed by atoms with Crippen molar-refractivity contribution in [3.8, 4) is 0 Å². The van der Waals surface area contributed by atoms with E-state index in [1.165, 1.54) is 0 Å². The van der Waals surface area contributed by atoms with E-state index in [1.807, 2.05) is 0 Å². The third-order valence-corrected chi connectivity index (χ3v) is 14.1.